The SMILES string of the molecule is CCOC(=O)C(C(=O)c1ccccc1)C(/C=C/c1ccc(Br)cc1)c1ccc(Br)cc1. The highest BCUT2D eigenvalue weighted by molar-refractivity contribution is 9.10. The second kappa shape index (κ2) is 11.2. The van der Waals surface area contributed by atoms with Crippen molar-refractivity contribution in [3.05, 3.63) is 111 Å². The fraction of sp³-hybridized carbons (Fsp3) is 0.154. The van der Waals surface area contributed by atoms with Gasteiger partial charge in [-0.25, -0.2) is 0 Å². The van der Waals surface area contributed by atoms with Gasteiger partial charge in [0.25, 0.3) is 0 Å². The summed E-state index contributed by atoms with van der Waals surface area (Å²) in [6.45, 7) is 1.95. The average Bonchev–Trinajstić information content (AvgIpc) is 2.79. The van der Waals surface area contributed by atoms with Crippen molar-refractivity contribution in [2.24, 2.45) is 5.92 Å². The van der Waals surface area contributed by atoms with Gasteiger partial charge in [-0.3, -0.25) is 9.59 Å². The molecular formula is C26H22Br2O3. The van der Waals surface area contributed by atoms with Crippen LogP contribution in [-0.4, -0.2) is 18.4 Å². The maximum atomic E-state index is 13.4. The largest absolute Gasteiger partial charge is 0.465 e. The summed E-state index contributed by atoms with van der Waals surface area (Å²) in [4.78, 5) is 26.5. The first kappa shape index (κ1) is 23.2. The molecule has 0 N–H and O–H groups in total. The highest BCUT2D eigenvalue weighted by atomic mass is 79.9. The maximum Gasteiger partial charge on any atom is 0.317 e. The van der Waals surface area contributed by atoms with E-state index in [1.165, 1.54) is 0 Å². The number of benzene rings is 3. The van der Waals surface area contributed by atoms with Crippen molar-refractivity contribution in [3.63, 3.8) is 0 Å². The highest BCUT2D eigenvalue weighted by Gasteiger charge is 2.36. The van der Waals surface area contributed by atoms with Gasteiger partial charge < -0.3 is 4.74 Å². The molecule has 0 aliphatic carbocycles. The summed E-state index contributed by atoms with van der Waals surface area (Å²) in [7, 11) is 0. The molecule has 3 aromatic carbocycles. The molecular weight excluding hydrogens is 520 g/mol. The van der Waals surface area contributed by atoms with E-state index in [0.29, 0.717) is 5.56 Å². The Morgan fingerprint density at radius 3 is 2.03 bits per heavy atom. The van der Waals surface area contributed by atoms with Crippen LogP contribution in [0.4, 0.5) is 0 Å². The minimum atomic E-state index is -0.991. The van der Waals surface area contributed by atoms with Gasteiger partial charge in [0, 0.05) is 20.4 Å². The van der Waals surface area contributed by atoms with Crippen molar-refractivity contribution in [2.75, 3.05) is 6.61 Å². The Balaban J connectivity index is 2.07. The maximum absolute atomic E-state index is 13.4. The summed E-state index contributed by atoms with van der Waals surface area (Å²) in [6.07, 6.45) is 3.85. The van der Waals surface area contributed by atoms with Gasteiger partial charge >= 0.3 is 5.97 Å². The summed E-state index contributed by atoms with van der Waals surface area (Å²) in [5.41, 5.74) is 2.32. The monoisotopic (exact) mass is 540 g/mol. The molecule has 0 spiro atoms. The van der Waals surface area contributed by atoms with Crippen LogP contribution in [0.2, 0.25) is 0 Å². The van der Waals surface area contributed by atoms with E-state index in [0.717, 1.165) is 20.1 Å². The zero-order chi connectivity index (χ0) is 22.2. The van der Waals surface area contributed by atoms with Gasteiger partial charge in [0.05, 0.1) is 6.61 Å². The summed E-state index contributed by atoms with van der Waals surface area (Å²) in [6, 6.07) is 24.4. The van der Waals surface area contributed by atoms with Crippen LogP contribution in [0, 0.1) is 5.92 Å². The molecule has 0 aliphatic heterocycles. The molecule has 158 valence electrons. The molecule has 0 saturated heterocycles. The van der Waals surface area contributed by atoms with E-state index in [9.17, 15) is 9.59 Å². The summed E-state index contributed by atoms with van der Waals surface area (Å²) in [5, 5.41) is 0. The Hall–Kier alpha value is -2.50. The van der Waals surface area contributed by atoms with E-state index in [-0.39, 0.29) is 12.4 Å². The predicted molar refractivity (Wildman–Crippen MR) is 131 cm³/mol. The third kappa shape index (κ3) is 6.25. The fourth-order valence-corrected chi connectivity index (χ4v) is 3.85. The lowest BCUT2D eigenvalue weighted by atomic mass is 9.80. The van der Waals surface area contributed by atoms with Crippen LogP contribution in [-0.2, 0) is 9.53 Å². The fourth-order valence-electron chi connectivity index (χ4n) is 3.32. The normalized spacial score (nSPS) is 13.0. The second-order valence-electron chi connectivity index (χ2n) is 6.95. The van der Waals surface area contributed by atoms with Gasteiger partial charge in [-0.1, -0.05) is 98.6 Å². The smallest absolute Gasteiger partial charge is 0.317 e. The minimum Gasteiger partial charge on any atom is -0.465 e. The lowest BCUT2D eigenvalue weighted by molar-refractivity contribution is -0.146. The minimum absolute atomic E-state index is 0.209. The number of ether oxygens (including phenoxy) is 1. The van der Waals surface area contributed by atoms with E-state index in [2.05, 4.69) is 31.9 Å². The van der Waals surface area contributed by atoms with Crippen LogP contribution < -0.4 is 0 Å². The molecule has 0 saturated carbocycles. The Kier molecular flexibility index (Phi) is 8.38. The Labute approximate surface area is 199 Å². The van der Waals surface area contributed by atoms with Gasteiger partial charge in [-0.2, -0.15) is 0 Å². The van der Waals surface area contributed by atoms with Crippen molar-refractivity contribution in [1.29, 1.82) is 0 Å². The number of carbonyl (C=O) groups excluding carboxylic acids is 2. The second-order valence-corrected chi connectivity index (χ2v) is 8.78. The van der Waals surface area contributed by atoms with Crippen LogP contribution in [0.1, 0.15) is 34.3 Å². The number of halogens is 2. The lowest BCUT2D eigenvalue weighted by Crippen LogP contribution is -2.31. The zero-order valence-corrected chi connectivity index (χ0v) is 20.2. The molecule has 0 aromatic heterocycles. The number of allylic oxidation sites excluding steroid dienone is 1. The van der Waals surface area contributed by atoms with Crippen molar-refractivity contribution < 1.29 is 14.3 Å². The summed E-state index contributed by atoms with van der Waals surface area (Å²) >= 11 is 6.89. The molecule has 0 heterocycles. The number of esters is 1. The van der Waals surface area contributed by atoms with Gasteiger partial charge in [0.2, 0.25) is 0 Å². The number of hydrogen-bond acceptors (Lipinski definition) is 3. The quantitative estimate of drug-likeness (QED) is 0.174. The van der Waals surface area contributed by atoms with Crippen LogP contribution >= 0.6 is 31.9 Å². The highest BCUT2D eigenvalue weighted by Crippen LogP contribution is 2.32. The molecule has 2 unspecified atom stereocenters. The van der Waals surface area contributed by atoms with Gasteiger partial charge in [-0.05, 0) is 42.3 Å². The third-order valence-electron chi connectivity index (χ3n) is 4.86. The number of Topliss-reactive ketones (excluding diaryl/α,β-unsaturated/α-hetero) is 1. The first-order chi connectivity index (χ1) is 15.0. The van der Waals surface area contributed by atoms with E-state index in [1.807, 2.05) is 66.7 Å². The topological polar surface area (TPSA) is 43.4 Å². The van der Waals surface area contributed by atoms with Gasteiger partial charge in [-0.15, -0.1) is 0 Å². The van der Waals surface area contributed by atoms with Crippen molar-refractivity contribution in [2.45, 2.75) is 12.8 Å². The molecule has 31 heavy (non-hydrogen) atoms. The lowest BCUT2D eigenvalue weighted by Gasteiger charge is -2.23. The Morgan fingerprint density at radius 2 is 1.45 bits per heavy atom. The van der Waals surface area contributed by atoms with Crippen LogP contribution in [0.25, 0.3) is 6.08 Å². The number of ketones is 1. The first-order valence-electron chi connectivity index (χ1n) is 9.94. The molecule has 3 rings (SSSR count). The molecule has 0 amide bonds. The Morgan fingerprint density at radius 1 is 0.871 bits per heavy atom. The predicted octanol–water partition coefficient (Wildman–Crippen LogP) is 7.07. The van der Waals surface area contributed by atoms with Gasteiger partial charge in [0.15, 0.2) is 5.78 Å². The average molecular weight is 542 g/mol. The molecule has 0 aliphatic rings. The van der Waals surface area contributed by atoms with Crippen molar-refractivity contribution in [3.8, 4) is 0 Å². The molecule has 5 heteroatoms. The van der Waals surface area contributed by atoms with E-state index < -0.39 is 17.8 Å². The molecule has 3 aromatic rings. The number of carbonyl (C=O) groups is 2. The third-order valence-corrected chi connectivity index (χ3v) is 5.92. The number of rotatable bonds is 8. The molecule has 3 nitrogen and oxygen atoms in total. The van der Waals surface area contributed by atoms with Crippen molar-refractivity contribution >= 4 is 49.7 Å². The van der Waals surface area contributed by atoms with Crippen molar-refractivity contribution in [1.82, 2.24) is 0 Å². The van der Waals surface area contributed by atoms with E-state index in [1.54, 1.807) is 31.2 Å². The number of hydrogen-bond donors (Lipinski definition) is 0. The molecule has 2 atom stereocenters. The summed E-state index contributed by atoms with van der Waals surface area (Å²) < 4.78 is 7.24. The Bertz CT molecular complexity index is 1040. The van der Waals surface area contributed by atoms with E-state index >= 15 is 0 Å². The van der Waals surface area contributed by atoms with E-state index in [4.69, 9.17) is 4.74 Å². The first-order valence-corrected chi connectivity index (χ1v) is 11.5. The van der Waals surface area contributed by atoms with Crippen LogP contribution in [0.5, 0.6) is 0 Å². The van der Waals surface area contributed by atoms with Gasteiger partial charge in [0.1, 0.15) is 5.92 Å². The zero-order valence-electron chi connectivity index (χ0n) is 17.0. The van der Waals surface area contributed by atoms with Crippen LogP contribution in [0.3, 0.4) is 0 Å². The van der Waals surface area contributed by atoms with Crippen LogP contribution in [0.15, 0.2) is 93.9 Å². The molecule has 0 radical (unpaired) electrons. The standard InChI is InChI=1S/C26H22Br2O3/c1-2-31-26(30)24(25(29)20-6-4-3-5-7-20)23(19-11-15-22(28)16-12-19)17-10-18-8-13-21(27)14-9-18/h3-17,23-24H,2H2,1H3/b17-10+. The molecule has 0 fully saturated rings. The molecule has 0 bridgehead atoms. The summed E-state index contributed by atoms with van der Waals surface area (Å²) in [5.74, 6) is -2.25.